The number of anilines is 1. The minimum absolute atomic E-state index is 0.772. The Balaban J connectivity index is 1.50. The topological polar surface area (TPSA) is 34.0 Å². The van der Waals surface area contributed by atoms with Gasteiger partial charge in [0.1, 0.15) is 0 Å². The number of rotatable bonds is 3. The first-order valence-electron chi connectivity index (χ1n) is 7.22. The summed E-state index contributed by atoms with van der Waals surface area (Å²) in [4.78, 5) is 8.20. The van der Waals surface area contributed by atoms with Gasteiger partial charge in [-0.25, -0.2) is 4.98 Å². The van der Waals surface area contributed by atoms with Crippen LogP contribution in [-0.4, -0.2) is 21.3 Å². The lowest BCUT2D eigenvalue weighted by molar-refractivity contribution is 0.693. The highest BCUT2D eigenvalue weighted by atomic mass is 79.9. The molecule has 22 heavy (non-hydrogen) atoms. The average Bonchev–Trinajstić information content (AvgIpc) is 3.16. The summed E-state index contributed by atoms with van der Waals surface area (Å²) in [5.74, 6) is 0. The maximum atomic E-state index is 4.61. The summed E-state index contributed by atoms with van der Waals surface area (Å²) < 4.78 is 2.93. The summed E-state index contributed by atoms with van der Waals surface area (Å²) in [5.41, 5.74) is 2.89. The van der Waals surface area contributed by atoms with Crippen molar-refractivity contribution >= 4 is 32.4 Å². The predicted octanol–water partition coefficient (Wildman–Crippen LogP) is 3.71. The van der Waals surface area contributed by atoms with Gasteiger partial charge in [0.2, 0.25) is 0 Å². The third-order valence-corrected chi connectivity index (χ3v) is 5.31. The first-order valence-corrected chi connectivity index (χ1v) is 8.83. The summed E-state index contributed by atoms with van der Waals surface area (Å²) in [6, 6.07) is 8.69. The van der Waals surface area contributed by atoms with Crippen LogP contribution >= 0.6 is 27.3 Å². The first kappa shape index (κ1) is 14.0. The van der Waals surface area contributed by atoms with E-state index in [0.717, 1.165) is 35.7 Å². The van der Waals surface area contributed by atoms with Gasteiger partial charge in [-0.2, -0.15) is 5.10 Å². The van der Waals surface area contributed by atoms with Crippen molar-refractivity contribution < 1.29 is 0 Å². The van der Waals surface area contributed by atoms with Crippen molar-refractivity contribution in [2.45, 2.75) is 19.5 Å². The number of hydrogen-bond acceptors (Lipinski definition) is 4. The van der Waals surface area contributed by atoms with Crippen molar-refractivity contribution in [2.24, 2.45) is 0 Å². The Morgan fingerprint density at radius 3 is 2.86 bits per heavy atom. The quantitative estimate of drug-likeness (QED) is 0.700. The fourth-order valence-corrected chi connectivity index (χ4v) is 4.01. The van der Waals surface area contributed by atoms with Crippen molar-refractivity contribution in [2.75, 3.05) is 11.4 Å². The van der Waals surface area contributed by atoms with Gasteiger partial charge in [0.25, 0.3) is 0 Å². The minimum atomic E-state index is 0.772. The Hall–Kier alpha value is -1.66. The Kier molecular flexibility index (Phi) is 3.72. The molecule has 3 aromatic rings. The van der Waals surface area contributed by atoms with E-state index in [1.54, 1.807) is 11.3 Å². The van der Waals surface area contributed by atoms with E-state index in [4.69, 9.17) is 0 Å². The molecule has 0 amide bonds. The molecule has 0 radical (unpaired) electrons. The lowest BCUT2D eigenvalue weighted by Crippen LogP contribution is -2.30. The zero-order valence-corrected chi connectivity index (χ0v) is 14.3. The predicted molar refractivity (Wildman–Crippen MR) is 92.3 cm³/mol. The van der Waals surface area contributed by atoms with Crippen LogP contribution in [0.5, 0.6) is 0 Å². The summed E-state index contributed by atoms with van der Waals surface area (Å²) in [6.07, 6.45) is 6.85. The molecule has 112 valence electrons. The Bertz CT molecular complexity index is 795. The van der Waals surface area contributed by atoms with Crippen LogP contribution in [0.4, 0.5) is 5.13 Å². The van der Waals surface area contributed by atoms with Gasteiger partial charge in [-0.1, -0.05) is 35.6 Å². The van der Waals surface area contributed by atoms with E-state index in [1.807, 2.05) is 23.3 Å². The lowest BCUT2D eigenvalue weighted by atomic mass is 10.0. The zero-order valence-electron chi connectivity index (χ0n) is 11.9. The number of aromatic nitrogens is 3. The summed E-state index contributed by atoms with van der Waals surface area (Å²) in [5, 5.41) is 5.40. The summed E-state index contributed by atoms with van der Waals surface area (Å²) >= 11 is 5.18. The summed E-state index contributed by atoms with van der Waals surface area (Å²) in [6.45, 7) is 2.77. The zero-order chi connectivity index (χ0) is 14.9. The number of benzene rings is 1. The normalized spacial score (nSPS) is 14.1. The van der Waals surface area contributed by atoms with E-state index < -0.39 is 0 Å². The molecule has 0 saturated carbocycles. The third-order valence-electron chi connectivity index (χ3n) is 3.86. The van der Waals surface area contributed by atoms with Gasteiger partial charge in [0.05, 0.1) is 17.2 Å². The van der Waals surface area contributed by atoms with Crippen molar-refractivity contribution in [1.82, 2.24) is 14.8 Å². The van der Waals surface area contributed by atoms with Gasteiger partial charge < -0.3 is 4.90 Å². The molecule has 2 aromatic heterocycles. The molecule has 0 saturated heterocycles. The Morgan fingerprint density at radius 1 is 1.18 bits per heavy atom. The van der Waals surface area contributed by atoms with Gasteiger partial charge in [-0.15, -0.1) is 0 Å². The highest BCUT2D eigenvalue weighted by molar-refractivity contribution is 9.10. The van der Waals surface area contributed by atoms with Crippen LogP contribution in [0.2, 0.25) is 0 Å². The molecule has 4 nitrogen and oxygen atoms in total. The highest BCUT2D eigenvalue weighted by Gasteiger charge is 2.18. The highest BCUT2D eigenvalue weighted by Crippen LogP contribution is 2.28. The smallest absolute Gasteiger partial charge is 0.185 e. The molecule has 0 spiro atoms. The van der Waals surface area contributed by atoms with E-state index in [1.165, 1.54) is 16.0 Å². The van der Waals surface area contributed by atoms with Gasteiger partial charge in [-0.05, 0) is 33.5 Å². The van der Waals surface area contributed by atoms with Crippen LogP contribution in [0.1, 0.15) is 16.0 Å². The van der Waals surface area contributed by atoms with Crippen LogP contribution in [0.15, 0.2) is 47.3 Å². The molecule has 4 rings (SSSR count). The SMILES string of the molecule is Brc1cnn(Cc2cnc(N3CCc4ccccc4C3)s2)c1. The standard InChI is InChI=1S/C16H15BrN4S/c17-14-7-19-21(10-14)11-15-8-18-16(22-15)20-6-5-12-3-1-2-4-13(12)9-20/h1-4,7-8,10H,5-6,9,11H2. The first-order chi connectivity index (χ1) is 10.8. The number of fused-ring (bicyclic) bond motifs is 1. The van der Waals surface area contributed by atoms with Gasteiger partial charge >= 0.3 is 0 Å². The molecule has 0 unspecified atom stereocenters. The molecular formula is C16H15BrN4S. The number of halogens is 1. The minimum Gasteiger partial charge on any atom is -0.343 e. The van der Waals surface area contributed by atoms with Crippen molar-refractivity contribution in [3.63, 3.8) is 0 Å². The molecule has 0 fully saturated rings. The van der Waals surface area contributed by atoms with Crippen LogP contribution < -0.4 is 4.90 Å². The molecule has 6 heteroatoms. The second kappa shape index (κ2) is 5.85. The van der Waals surface area contributed by atoms with Gasteiger partial charge in [-0.3, -0.25) is 4.68 Å². The number of nitrogens with zero attached hydrogens (tertiary/aromatic N) is 4. The van der Waals surface area contributed by atoms with E-state index >= 15 is 0 Å². The van der Waals surface area contributed by atoms with Crippen LogP contribution in [0.3, 0.4) is 0 Å². The molecule has 1 aliphatic rings. The fourth-order valence-electron chi connectivity index (χ4n) is 2.76. The second-order valence-electron chi connectivity index (χ2n) is 5.41. The van der Waals surface area contributed by atoms with Gasteiger partial charge in [0.15, 0.2) is 5.13 Å². The van der Waals surface area contributed by atoms with Gasteiger partial charge in [0, 0.05) is 30.4 Å². The van der Waals surface area contributed by atoms with E-state index in [9.17, 15) is 0 Å². The molecule has 1 aliphatic heterocycles. The Labute approximate surface area is 141 Å². The van der Waals surface area contributed by atoms with Crippen LogP contribution in [0.25, 0.3) is 0 Å². The third kappa shape index (κ3) is 2.80. The van der Waals surface area contributed by atoms with Crippen LogP contribution in [0, 0.1) is 0 Å². The molecule has 0 bridgehead atoms. The maximum Gasteiger partial charge on any atom is 0.185 e. The number of hydrogen-bond donors (Lipinski definition) is 0. The molecule has 0 N–H and O–H groups in total. The largest absolute Gasteiger partial charge is 0.343 e. The molecule has 0 atom stereocenters. The number of thiazole rings is 1. The fraction of sp³-hybridized carbons (Fsp3) is 0.250. The Morgan fingerprint density at radius 2 is 2.05 bits per heavy atom. The van der Waals surface area contributed by atoms with Crippen molar-refractivity contribution in [3.8, 4) is 0 Å². The monoisotopic (exact) mass is 374 g/mol. The summed E-state index contributed by atoms with van der Waals surface area (Å²) in [7, 11) is 0. The molecule has 1 aromatic carbocycles. The van der Waals surface area contributed by atoms with Crippen LogP contribution in [-0.2, 0) is 19.5 Å². The lowest BCUT2D eigenvalue weighted by Gasteiger charge is -2.28. The molecular weight excluding hydrogens is 360 g/mol. The van der Waals surface area contributed by atoms with Crippen molar-refractivity contribution in [1.29, 1.82) is 0 Å². The van der Waals surface area contributed by atoms with Crippen molar-refractivity contribution in [3.05, 3.63) is 63.3 Å². The van der Waals surface area contributed by atoms with E-state index in [-0.39, 0.29) is 0 Å². The molecule has 0 aliphatic carbocycles. The second-order valence-corrected chi connectivity index (χ2v) is 7.41. The maximum absolute atomic E-state index is 4.61. The van der Waals surface area contributed by atoms with E-state index in [0.29, 0.717) is 0 Å². The average molecular weight is 375 g/mol. The van der Waals surface area contributed by atoms with E-state index in [2.05, 4.69) is 55.2 Å². The molecule has 3 heterocycles.